The molecule has 0 saturated carbocycles. The summed E-state index contributed by atoms with van der Waals surface area (Å²) in [7, 11) is -3.38. The standard InChI is InChI=1S/C16H16N2O6S/c19-17(20)15-5-1-3-13(11-15)7-9-25(23,24)10-8-14-4-2-6-16(12-14)18(21)22/h1-6,11-12H,7-10H2. The second kappa shape index (κ2) is 7.84. The van der Waals surface area contributed by atoms with Gasteiger partial charge in [-0.15, -0.1) is 0 Å². The molecule has 0 amide bonds. The number of nitro benzene ring substituents is 2. The molecule has 2 aromatic carbocycles. The fourth-order valence-corrected chi connectivity index (χ4v) is 3.60. The van der Waals surface area contributed by atoms with Gasteiger partial charge >= 0.3 is 0 Å². The third-order valence-electron chi connectivity index (χ3n) is 3.65. The Morgan fingerprint density at radius 2 is 1.16 bits per heavy atom. The van der Waals surface area contributed by atoms with Crippen molar-refractivity contribution in [3.05, 3.63) is 79.9 Å². The Morgan fingerprint density at radius 1 is 0.760 bits per heavy atom. The van der Waals surface area contributed by atoms with Crippen LogP contribution in [0.4, 0.5) is 11.4 Å². The van der Waals surface area contributed by atoms with Gasteiger partial charge in [0.25, 0.3) is 11.4 Å². The highest BCUT2D eigenvalue weighted by Gasteiger charge is 2.14. The van der Waals surface area contributed by atoms with Gasteiger partial charge in [0.15, 0.2) is 9.84 Å². The molecule has 0 aliphatic heterocycles. The molecule has 0 saturated heterocycles. The van der Waals surface area contributed by atoms with Gasteiger partial charge < -0.3 is 0 Å². The number of hydrogen-bond donors (Lipinski definition) is 0. The molecule has 0 aromatic heterocycles. The number of rotatable bonds is 8. The van der Waals surface area contributed by atoms with E-state index in [1.165, 1.54) is 36.4 Å². The second-order valence-electron chi connectivity index (χ2n) is 5.51. The summed E-state index contributed by atoms with van der Waals surface area (Å²) in [6, 6.07) is 11.7. The largest absolute Gasteiger partial charge is 0.269 e. The maximum atomic E-state index is 12.1. The first kappa shape index (κ1) is 18.5. The SMILES string of the molecule is O=[N+]([O-])c1cccc(CCS(=O)(=O)CCc2cccc([N+](=O)[O-])c2)c1. The molecule has 0 spiro atoms. The molecule has 0 heterocycles. The lowest BCUT2D eigenvalue weighted by atomic mass is 10.1. The summed E-state index contributed by atoms with van der Waals surface area (Å²) in [5.74, 6) is -0.272. The van der Waals surface area contributed by atoms with Crippen LogP contribution in [0.15, 0.2) is 48.5 Å². The zero-order valence-electron chi connectivity index (χ0n) is 13.2. The number of nitrogens with zero attached hydrogens (tertiary/aromatic N) is 2. The third kappa shape index (κ3) is 5.64. The van der Waals surface area contributed by atoms with Gasteiger partial charge in [0, 0.05) is 24.3 Å². The van der Waals surface area contributed by atoms with Crippen LogP contribution in [-0.2, 0) is 22.7 Å². The van der Waals surface area contributed by atoms with E-state index >= 15 is 0 Å². The van der Waals surface area contributed by atoms with Crippen molar-refractivity contribution in [2.75, 3.05) is 11.5 Å². The van der Waals surface area contributed by atoms with Crippen LogP contribution in [0.2, 0.25) is 0 Å². The molecule has 0 N–H and O–H groups in total. The lowest BCUT2D eigenvalue weighted by Crippen LogP contribution is -2.15. The summed E-state index contributed by atoms with van der Waals surface area (Å²) in [6.07, 6.45) is 0.359. The van der Waals surface area contributed by atoms with Crippen LogP contribution >= 0.6 is 0 Å². The van der Waals surface area contributed by atoms with Crippen LogP contribution in [0.5, 0.6) is 0 Å². The van der Waals surface area contributed by atoms with Gasteiger partial charge in [-0.1, -0.05) is 24.3 Å². The van der Waals surface area contributed by atoms with Crippen LogP contribution < -0.4 is 0 Å². The highest BCUT2D eigenvalue weighted by atomic mass is 32.2. The minimum Gasteiger partial charge on any atom is -0.258 e. The highest BCUT2D eigenvalue weighted by molar-refractivity contribution is 7.91. The van der Waals surface area contributed by atoms with Crippen molar-refractivity contribution in [3.63, 3.8) is 0 Å². The maximum absolute atomic E-state index is 12.1. The van der Waals surface area contributed by atoms with E-state index in [2.05, 4.69) is 0 Å². The first-order chi connectivity index (χ1) is 11.8. The van der Waals surface area contributed by atoms with Crippen molar-refractivity contribution < 1.29 is 18.3 Å². The lowest BCUT2D eigenvalue weighted by Gasteiger charge is -2.05. The lowest BCUT2D eigenvalue weighted by molar-refractivity contribution is -0.385. The predicted octanol–water partition coefficient (Wildman–Crippen LogP) is 2.70. The summed E-state index contributed by atoms with van der Waals surface area (Å²) in [5, 5.41) is 21.5. The number of benzene rings is 2. The first-order valence-corrected chi connectivity index (χ1v) is 9.26. The molecule has 0 aliphatic rings. The van der Waals surface area contributed by atoms with E-state index < -0.39 is 19.7 Å². The van der Waals surface area contributed by atoms with E-state index in [0.717, 1.165) is 0 Å². The summed E-state index contributed by atoms with van der Waals surface area (Å²) < 4.78 is 24.3. The van der Waals surface area contributed by atoms with Gasteiger partial charge in [0.2, 0.25) is 0 Å². The molecule has 0 aliphatic carbocycles. The summed E-state index contributed by atoms with van der Waals surface area (Å²) in [5.41, 5.74) is 0.999. The molecule has 25 heavy (non-hydrogen) atoms. The zero-order chi connectivity index (χ0) is 18.4. The fraction of sp³-hybridized carbons (Fsp3) is 0.250. The first-order valence-electron chi connectivity index (χ1n) is 7.44. The average molecular weight is 364 g/mol. The van der Waals surface area contributed by atoms with Gasteiger partial charge in [0.1, 0.15) is 0 Å². The van der Waals surface area contributed by atoms with Gasteiger partial charge in [-0.25, -0.2) is 8.42 Å². The third-order valence-corrected chi connectivity index (χ3v) is 5.30. The molecule has 0 radical (unpaired) electrons. The van der Waals surface area contributed by atoms with Crippen molar-refractivity contribution >= 4 is 21.2 Å². The van der Waals surface area contributed by atoms with E-state index in [-0.39, 0.29) is 35.7 Å². The molecule has 0 atom stereocenters. The molecular formula is C16H16N2O6S. The molecular weight excluding hydrogens is 348 g/mol. The number of sulfone groups is 1. The molecule has 2 rings (SSSR count). The number of hydrogen-bond acceptors (Lipinski definition) is 6. The molecule has 0 unspecified atom stereocenters. The van der Waals surface area contributed by atoms with Crippen molar-refractivity contribution in [1.29, 1.82) is 0 Å². The van der Waals surface area contributed by atoms with Gasteiger partial charge in [-0.3, -0.25) is 20.2 Å². The van der Waals surface area contributed by atoms with Crippen LogP contribution in [0.25, 0.3) is 0 Å². The van der Waals surface area contributed by atoms with Crippen molar-refractivity contribution in [2.45, 2.75) is 12.8 Å². The van der Waals surface area contributed by atoms with E-state index in [4.69, 9.17) is 0 Å². The second-order valence-corrected chi connectivity index (χ2v) is 7.81. The fourth-order valence-electron chi connectivity index (χ4n) is 2.30. The Balaban J connectivity index is 1.96. The molecule has 0 fully saturated rings. The summed E-state index contributed by atoms with van der Waals surface area (Å²) in [4.78, 5) is 20.4. The molecule has 8 nitrogen and oxygen atoms in total. The Bertz CT molecular complexity index is 828. The van der Waals surface area contributed by atoms with E-state index in [0.29, 0.717) is 11.1 Å². The van der Waals surface area contributed by atoms with E-state index in [1.54, 1.807) is 12.1 Å². The molecule has 132 valence electrons. The molecule has 0 bridgehead atoms. The topological polar surface area (TPSA) is 120 Å². The van der Waals surface area contributed by atoms with Gasteiger partial charge in [-0.2, -0.15) is 0 Å². The smallest absolute Gasteiger partial charge is 0.258 e. The molecule has 2 aromatic rings. The Labute approximate surface area is 144 Å². The number of aryl methyl sites for hydroxylation is 2. The van der Waals surface area contributed by atoms with Crippen LogP contribution in [0.1, 0.15) is 11.1 Å². The number of non-ortho nitro benzene ring substituents is 2. The maximum Gasteiger partial charge on any atom is 0.269 e. The van der Waals surface area contributed by atoms with E-state index in [9.17, 15) is 28.6 Å². The van der Waals surface area contributed by atoms with Crippen LogP contribution in [0, 0.1) is 20.2 Å². The van der Waals surface area contributed by atoms with Crippen molar-refractivity contribution in [3.8, 4) is 0 Å². The van der Waals surface area contributed by atoms with Gasteiger partial charge in [0.05, 0.1) is 21.4 Å². The van der Waals surface area contributed by atoms with E-state index in [1.807, 2.05) is 0 Å². The van der Waals surface area contributed by atoms with Crippen LogP contribution in [-0.4, -0.2) is 29.8 Å². The van der Waals surface area contributed by atoms with Gasteiger partial charge in [-0.05, 0) is 24.0 Å². The summed E-state index contributed by atoms with van der Waals surface area (Å²) in [6.45, 7) is 0. The number of nitro groups is 2. The monoisotopic (exact) mass is 364 g/mol. The zero-order valence-corrected chi connectivity index (χ0v) is 14.0. The normalized spacial score (nSPS) is 11.2. The highest BCUT2D eigenvalue weighted by Crippen LogP contribution is 2.16. The van der Waals surface area contributed by atoms with Crippen molar-refractivity contribution in [2.24, 2.45) is 0 Å². The minimum absolute atomic E-state index is 0.0773. The minimum atomic E-state index is -3.38. The Hall–Kier alpha value is -2.81. The predicted molar refractivity (Wildman–Crippen MR) is 92.3 cm³/mol. The molecule has 9 heteroatoms. The van der Waals surface area contributed by atoms with Crippen LogP contribution in [0.3, 0.4) is 0 Å². The quantitative estimate of drug-likeness (QED) is 0.524. The Kier molecular flexibility index (Phi) is 5.81. The Morgan fingerprint density at radius 3 is 1.52 bits per heavy atom. The average Bonchev–Trinajstić information content (AvgIpc) is 2.59. The summed E-state index contributed by atoms with van der Waals surface area (Å²) >= 11 is 0. The van der Waals surface area contributed by atoms with Crippen molar-refractivity contribution in [1.82, 2.24) is 0 Å².